The molecule has 0 spiro atoms. The zero-order chi connectivity index (χ0) is 15.8. The van der Waals surface area contributed by atoms with Gasteiger partial charge in [0.15, 0.2) is 0 Å². The normalized spacial score (nSPS) is 18.6. The lowest BCUT2D eigenvalue weighted by Crippen LogP contribution is -2.15. The van der Waals surface area contributed by atoms with Gasteiger partial charge in [0.2, 0.25) is 11.8 Å². The molecule has 1 saturated heterocycles. The first-order chi connectivity index (χ1) is 11.2. The SMILES string of the molecule is Cc1cc2ncn(Cc3nnc(C4CCCOC4)o3)c2cc1C. The highest BCUT2D eigenvalue weighted by Crippen LogP contribution is 2.25. The number of aryl methyl sites for hydroxylation is 2. The molecule has 1 aliphatic rings. The number of benzene rings is 1. The van der Waals surface area contributed by atoms with Crippen molar-refractivity contribution in [2.75, 3.05) is 13.2 Å². The Labute approximate surface area is 134 Å². The molecule has 0 aliphatic carbocycles. The highest BCUT2D eigenvalue weighted by Gasteiger charge is 2.22. The predicted octanol–water partition coefficient (Wildman–Crippen LogP) is 2.98. The number of aromatic nitrogens is 4. The van der Waals surface area contributed by atoms with Gasteiger partial charge in [-0.25, -0.2) is 4.98 Å². The van der Waals surface area contributed by atoms with Crippen LogP contribution in [-0.2, 0) is 11.3 Å². The summed E-state index contributed by atoms with van der Waals surface area (Å²) in [5.41, 5.74) is 4.59. The molecule has 3 heterocycles. The summed E-state index contributed by atoms with van der Waals surface area (Å²) >= 11 is 0. The quantitative estimate of drug-likeness (QED) is 0.744. The minimum Gasteiger partial charge on any atom is -0.423 e. The predicted molar refractivity (Wildman–Crippen MR) is 85.4 cm³/mol. The summed E-state index contributed by atoms with van der Waals surface area (Å²) in [5.74, 6) is 1.54. The second-order valence-electron chi connectivity index (χ2n) is 6.25. The van der Waals surface area contributed by atoms with Crippen LogP contribution < -0.4 is 0 Å². The minimum absolute atomic E-state index is 0.231. The van der Waals surface area contributed by atoms with E-state index in [0.717, 1.165) is 30.5 Å². The summed E-state index contributed by atoms with van der Waals surface area (Å²) < 4.78 is 13.4. The summed E-state index contributed by atoms with van der Waals surface area (Å²) in [7, 11) is 0. The van der Waals surface area contributed by atoms with Crippen LogP contribution >= 0.6 is 0 Å². The molecule has 3 aromatic rings. The van der Waals surface area contributed by atoms with E-state index >= 15 is 0 Å². The van der Waals surface area contributed by atoms with Crippen molar-refractivity contribution in [2.45, 2.75) is 39.2 Å². The van der Waals surface area contributed by atoms with Crippen LogP contribution in [0.4, 0.5) is 0 Å². The summed E-state index contributed by atoms with van der Waals surface area (Å²) in [4.78, 5) is 4.47. The van der Waals surface area contributed by atoms with Crippen molar-refractivity contribution in [3.63, 3.8) is 0 Å². The fourth-order valence-electron chi connectivity index (χ4n) is 3.02. The van der Waals surface area contributed by atoms with Crippen molar-refractivity contribution in [1.82, 2.24) is 19.7 Å². The van der Waals surface area contributed by atoms with E-state index in [1.807, 2.05) is 6.33 Å². The van der Waals surface area contributed by atoms with E-state index < -0.39 is 0 Å². The van der Waals surface area contributed by atoms with Gasteiger partial charge in [-0.05, 0) is 49.9 Å². The van der Waals surface area contributed by atoms with Gasteiger partial charge >= 0.3 is 0 Å². The van der Waals surface area contributed by atoms with Gasteiger partial charge in [-0.2, -0.15) is 0 Å². The topological polar surface area (TPSA) is 66.0 Å². The average molecular weight is 312 g/mol. The molecular formula is C17H20N4O2. The molecule has 1 unspecified atom stereocenters. The summed E-state index contributed by atoms with van der Waals surface area (Å²) in [6.45, 7) is 6.26. The van der Waals surface area contributed by atoms with E-state index in [-0.39, 0.29) is 5.92 Å². The Morgan fingerprint density at radius 3 is 2.91 bits per heavy atom. The summed E-state index contributed by atoms with van der Waals surface area (Å²) in [6, 6.07) is 4.27. The number of imidazole rings is 1. The van der Waals surface area contributed by atoms with Gasteiger partial charge < -0.3 is 13.7 Å². The molecule has 120 valence electrons. The molecule has 2 aromatic heterocycles. The maximum atomic E-state index is 5.85. The second kappa shape index (κ2) is 5.77. The lowest BCUT2D eigenvalue weighted by atomic mass is 10.0. The monoisotopic (exact) mass is 312 g/mol. The van der Waals surface area contributed by atoms with Crippen LogP contribution in [0.5, 0.6) is 0 Å². The zero-order valence-corrected chi connectivity index (χ0v) is 13.5. The van der Waals surface area contributed by atoms with Crippen molar-refractivity contribution in [3.8, 4) is 0 Å². The van der Waals surface area contributed by atoms with Crippen molar-refractivity contribution < 1.29 is 9.15 Å². The summed E-state index contributed by atoms with van der Waals surface area (Å²) in [6.07, 6.45) is 3.93. The highest BCUT2D eigenvalue weighted by atomic mass is 16.5. The zero-order valence-electron chi connectivity index (χ0n) is 13.5. The van der Waals surface area contributed by atoms with E-state index in [0.29, 0.717) is 24.9 Å². The van der Waals surface area contributed by atoms with Crippen LogP contribution in [0.2, 0.25) is 0 Å². The van der Waals surface area contributed by atoms with Crippen molar-refractivity contribution in [3.05, 3.63) is 41.4 Å². The third kappa shape index (κ3) is 2.74. The first kappa shape index (κ1) is 14.4. The number of hydrogen-bond acceptors (Lipinski definition) is 5. The molecule has 0 saturated carbocycles. The minimum atomic E-state index is 0.231. The van der Waals surface area contributed by atoms with Crippen molar-refractivity contribution >= 4 is 11.0 Å². The number of ether oxygens (including phenoxy) is 1. The molecule has 1 aromatic carbocycles. The highest BCUT2D eigenvalue weighted by molar-refractivity contribution is 5.77. The van der Waals surface area contributed by atoms with E-state index in [2.05, 4.69) is 45.7 Å². The van der Waals surface area contributed by atoms with Gasteiger partial charge in [0, 0.05) is 6.61 Å². The van der Waals surface area contributed by atoms with Gasteiger partial charge in [-0.1, -0.05) is 0 Å². The molecule has 4 rings (SSSR count). The Bertz CT molecular complexity index is 830. The first-order valence-electron chi connectivity index (χ1n) is 8.03. The molecule has 1 fully saturated rings. The van der Waals surface area contributed by atoms with E-state index in [1.54, 1.807) is 0 Å². The lowest BCUT2D eigenvalue weighted by molar-refractivity contribution is 0.0721. The Morgan fingerprint density at radius 2 is 2.09 bits per heavy atom. The Balaban J connectivity index is 1.58. The first-order valence-corrected chi connectivity index (χ1v) is 8.03. The molecule has 0 radical (unpaired) electrons. The number of rotatable bonds is 3. The Kier molecular flexibility index (Phi) is 3.61. The average Bonchev–Trinajstić information content (AvgIpc) is 3.18. The fourth-order valence-corrected chi connectivity index (χ4v) is 3.02. The number of fused-ring (bicyclic) bond motifs is 1. The lowest BCUT2D eigenvalue weighted by Gasteiger charge is -2.18. The van der Waals surface area contributed by atoms with E-state index in [4.69, 9.17) is 9.15 Å². The van der Waals surface area contributed by atoms with Crippen molar-refractivity contribution in [1.29, 1.82) is 0 Å². The van der Waals surface area contributed by atoms with Gasteiger partial charge in [-0.15, -0.1) is 10.2 Å². The summed E-state index contributed by atoms with van der Waals surface area (Å²) in [5, 5.41) is 8.39. The molecule has 6 nitrogen and oxygen atoms in total. The standard InChI is InChI=1S/C17H20N4O2/c1-11-6-14-15(7-12(11)2)21(10-18-14)8-16-19-20-17(23-16)13-4-3-5-22-9-13/h6-7,10,13H,3-5,8-9H2,1-2H3. The molecule has 0 amide bonds. The van der Waals surface area contributed by atoms with Crippen LogP contribution in [0, 0.1) is 13.8 Å². The molecule has 6 heteroatoms. The molecular weight excluding hydrogens is 292 g/mol. The molecule has 23 heavy (non-hydrogen) atoms. The van der Waals surface area contributed by atoms with Gasteiger partial charge in [0.05, 0.1) is 29.9 Å². The third-order valence-corrected chi connectivity index (χ3v) is 4.53. The fraction of sp³-hybridized carbons (Fsp3) is 0.471. The van der Waals surface area contributed by atoms with Gasteiger partial charge in [-0.3, -0.25) is 0 Å². The smallest absolute Gasteiger partial charge is 0.236 e. The molecule has 0 N–H and O–H groups in total. The molecule has 1 aliphatic heterocycles. The number of nitrogens with zero attached hydrogens (tertiary/aromatic N) is 4. The maximum Gasteiger partial charge on any atom is 0.236 e. The second-order valence-corrected chi connectivity index (χ2v) is 6.25. The molecule has 0 bridgehead atoms. The van der Waals surface area contributed by atoms with Crippen LogP contribution in [-0.4, -0.2) is 33.0 Å². The van der Waals surface area contributed by atoms with Crippen LogP contribution in [0.15, 0.2) is 22.9 Å². The maximum absolute atomic E-state index is 5.85. The van der Waals surface area contributed by atoms with Gasteiger partial charge in [0.25, 0.3) is 0 Å². The largest absolute Gasteiger partial charge is 0.423 e. The van der Waals surface area contributed by atoms with E-state index in [1.165, 1.54) is 11.1 Å². The third-order valence-electron chi connectivity index (χ3n) is 4.53. The Morgan fingerprint density at radius 1 is 1.22 bits per heavy atom. The van der Waals surface area contributed by atoms with Gasteiger partial charge in [0.1, 0.15) is 6.54 Å². The van der Waals surface area contributed by atoms with Crippen LogP contribution in [0.3, 0.4) is 0 Å². The Hall–Kier alpha value is -2.21. The number of hydrogen-bond donors (Lipinski definition) is 0. The molecule has 1 atom stereocenters. The van der Waals surface area contributed by atoms with Crippen LogP contribution in [0.1, 0.15) is 41.7 Å². The van der Waals surface area contributed by atoms with Crippen molar-refractivity contribution in [2.24, 2.45) is 0 Å². The van der Waals surface area contributed by atoms with E-state index in [9.17, 15) is 0 Å². The van der Waals surface area contributed by atoms with Crippen LogP contribution in [0.25, 0.3) is 11.0 Å².